The predicted molar refractivity (Wildman–Crippen MR) is 80.0 cm³/mol. The molecule has 6 nitrogen and oxygen atoms in total. The highest BCUT2D eigenvalue weighted by Gasteiger charge is 2.44. The molecule has 1 saturated heterocycles. The van der Waals surface area contributed by atoms with Gasteiger partial charge in [-0.3, -0.25) is 0 Å². The van der Waals surface area contributed by atoms with E-state index >= 15 is 0 Å². The minimum atomic E-state index is -1.38. The fourth-order valence-electron chi connectivity index (χ4n) is 3.26. The Kier molecular flexibility index (Phi) is 6.37. The zero-order valence-corrected chi connectivity index (χ0v) is 13.1. The van der Waals surface area contributed by atoms with Gasteiger partial charge in [0.1, 0.15) is 24.4 Å². The number of aliphatic hydroxyl groups excluding tert-OH is 4. The molecule has 1 heterocycles. The Balaban J connectivity index is 1.80. The average Bonchev–Trinajstić information content (AvgIpc) is 2.52. The molecule has 2 aliphatic rings. The first kappa shape index (κ1) is 17.8. The first-order valence-electron chi connectivity index (χ1n) is 8.01. The zero-order chi connectivity index (χ0) is 16.3. The first-order chi connectivity index (χ1) is 10.4. The summed E-state index contributed by atoms with van der Waals surface area (Å²) in [4.78, 5) is 0. The van der Waals surface area contributed by atoms with Gasteiger partial charge in [0.05, 0.1) is 13.2 Å². The van der Waals surface area contributed by atoms with Crippen LogP contribution in [0.15, 0.2) is 12.2 Å². The van der Waals surface area contributed by atoms with Crippen molar-refractivity contribution in [2.24, 2.45) is 11.8 Å². The molecule has 2 fully saturated rings. The summed E-state index contributed by atoms with van der Waals surface area (Å²) in [6.07, 6.45) is -1.71. The van der Waals surface area contributed by atoms with Crippen LogP contribution in [0.4, 0.5) is 0 Å². The van der Waals surface area contributed by atoms with Crippen LogP contribution in [-0.4, -0.2) is 64.3 Å². The van der Waals surface area contributed by atoms with Gasteiger partial charge in [0, 0.05) is 0 Å². The summed E-state index contributed by atoms with van der Waals surface area (Å²) >= 11 is 0. The summed E-state index contributed by atoms with van der Waals surface area (Å²) in [6, 6.07) is 0. The van der Waals surface area contributed by atoms with Crippen molar-refractivity contribution >= 4 is 0 Å². The van der Waals surface area contributed by atoms with Crippen LogP contribution in [0, 0.1) is 11.8 Å². The van der Waals surface area contributed by atoms with E-state index in [0.29, 0.717) is 18.4 Å². The van der Waals surface area contributed by atoms with E-state index in [1.807, 2.05) is 0 Å². The maximum atomic E-state index is 9.91. The third-order valence-electron chi connectivity index (χ3n) is 4.89. The standard InChI is InChI=1S/C16H28O6/c1-9(2)11-5-3-10(4-6-11)8-21-16-15(20)14(19)13(18)12(7-17)22-16/h10-20H,1,3-8H2,2H3/t10?,11?,12?,13?,14-,15-,16-/m0/s1. The van der Waals surface area contributed by atoms with Gasteiger partial charge in [-0.25, -0.2) is 0 Å². The van der Waals surface area contributed by atoms with Gasteiger partial charge in [0.2, 0.25) is 0 Å². The first-order valence-corrected chi connectivity index (χ1v) is 8.01. The smallest absolute Gasteiger partial charge is 0.186 e. The molecule has 0 aromatic carbocycles. The minimum absolute atomic E-state index is 0.392. The lowest BCUT2D eigenvalue weighted by Crippen LogP contribution is -2.59. The van der Waals surface area contributed by atoms with Crippen LogP contribution in [0.2, 0.25) is 0 Å². The normalized spacial score (nSPS) is 43.0. The molecule has 0 aromatic rings. The van der Waals surface area contributed by atoms with Gasteiger partial charge in [0.15, 0.2) is 6.29 Å². The minimum Gasteiger partial charge on any atom is -0.394 e. The van der Waals surface area contributed by atoms with Crippen LogP contribution in [0.3, 0.4) is 0 Å². The van der Waals surface area contributed by atoms with E-state index in [4.69, 9.17) is 14.6 Å². The predicted octanol–water partition coefficient (Wildman–Crippen LogP) is 0.185. The molecule has 2 unspecified atom stereocenters. The van der Waals surface area contributed by atoms with Gasteiger partial charge in [0.25, 0.3) is 0 Å². The SMILES string of the molecule is C=C(C)C1CCC(CO[C@H]2OC(CO)C(O)[C@H](O)[C@@H]2O)CC1. The van der Waals surface area contributed by atoms with E-state index in [9.17, 15) is 15.3 Å². The van der Waals surface area contributed by atoms with Gasteiger partial charge in [-0.1, -0.05) is 12.2 Å². The molecule has 4 N–H and O–H groups in total. The molecule has 1 aliphatic carbocycles. The second-order valence-corrected chi connectivity index (χ2v) is 6.59. The molecule has 6 heteroatoms. The Labute approximate surface area is 131 Å². The average molecular weight is 316 g/mol. The molecule has 0 radical (unpaired) electrons. The monoisotopic (exact) mass is 316 g/mol. The fraction of sp³-hybridized carbons (Fsp3) is 0.875. The third kappa shape index (κ3) is 4.07. The van der Waals surface area contributed by atoms with Crippen molar-refractivity contribution in [1.82, 2.24) is 0 Å². The van der Waals surface area contributed by atoms with Crippen molar-refractivity contribution < 1.29 is 29.9 Å². The second kappa shape index (κ2) is 7.86. The Bertz CT molecular complexity index is 364. The van der Waals surface area contributed by atoms with E-state index in [0.717, 1.165) is 25.7 Å². The van der Waals surface area contributed by atoms with Gasteiger partial charge in [-0.05, 0) is 44.4 Å². The summed E-state index contributed by atoms with van der Waals surface area (Å²) < 4.78 is 10.9. The van der Waals surface area contributed by atoms with E-state index < -0.39 is 37.3 Å². The highest BCUT2D eigenvalue weighted by molar-refractivity contribution is 4.98. The quantitative estimate of drug-likeness (QED) is 0.540. The van der Waals surface area contributed by atoms with E-state index in [-0.39, 0.29) is 0 Å². The van der Waals surface area contributed by atoms with Crippen molar-refractivity contribution in [3.8, 4) is 0 Å². The molecule has 0 bridgehead atoms. The van der Waals surface area contributed by atoms with Crippen LogP contribution in [0.1, 0.15) is 32.6 Å². The summed E-state index contributed by atoms with van der Waals surface area (Å²) in [6.45, 7) is 6.07. The number of aliphatic hydroxyl groups is 4. The van der Waals surface area contributed by atoms with Gasteiger partial charge >= 0.3 is 0 Å². The van der Waals surface area contributed by atoms with E-state index in [1.54, 1.807) is 0 Å². The molecule has 128 valence electrons. The maximum Gasteiger partial charge on any atom is 0.186 e. The number of hydrogen-bond acceptors (Lipinski definition) is 6. The maximum absolute atomic E-state index is 9.91. The van der Waals surface area contributed by atoms with Crippen molar-refractivity contribution in [3.05, 3.63) is 12.2 Å². The number of allylic oxidation sites excluding steroid dienone is 1. The summed E-state index contributed by atoms with van der Waals surface area (Å²) in [7, 11) is 0. The van der Waals surface area contributed by atoms with Crippen molar-refractivity contribution in [2.45, 2.75) is 63.3 Å². The Hall–Kier alpha value is -0.500. The number of rotatable bonds is 5. The van der Waals surface area contributed by atoms with Crippen LogP contribution < -0.4 is 0 Å². The Morgan fingerprint density at radius 3 is 2.27 bits per heavy atom. The molecule has 1 aliphatic heterocycles. The van der Waals surface area contributed by atoms with Gasteiger partial charge in [-0.15, -0.1) is 0 Å². The largest absolute Gasteiger partial charge is 0.394 e. The molecule has 0 amide bonds. The van der Waals surface area contributed by atoms with Crippen LogP contribution in [-0.2, 0) is 9.47 Å². The third-order valence-corrected chi connectivity index (χ3v) is 4.89. The number of ether oxygens (including phenoxy) is 2. The van der Waals surface area contributed by atoms with Crippen LogP contribution >= 0.6 is 0 Å². The van der Waals surface area contributed by atoms with Gasteiger partial charge < -0.3 is 29.9 Å². The molecule has 0 aromatic heterocycles. The van der Waals surface area contributed by atoms with Crippen LogP contribution in [0.25, 0.3) is 0 Å². The Morgan fingerprint density at radius 1 is 1.09 bits per heavy atom. The van der Waals surface area contributed by atoms with E-state index in [2.05, 4.69) is 13.5 Å². The summed E-state index contributed by atoms with van der Waals surface area (Å²) in [5.74, 6) is 0.978. The summed E-state index contributed by atoms with van der Waals surface area (Å²) in [5.41, 5.74) is 1.23. The fourth-order valence-corrected chi connectivity index (χ4v) is 3.26. The Morgan fingerprint density at radius 2 is 1.73 bits per heavy atom. The molecule has 22 heavy (non-hydrogen) atoms. The van der Waals surface area contributed by atoms with Crippen molar-refractivity contribution in [2.75, 3.05) is 13.2 Å². The lowest BCUT2D eigenvalue weighted by Gasteiger charge is -2.40. The second-order valence-electron chi connectivity index (χ2n) is 6.59. The molecule has 2 rings (SSSR count). The molecule has 1 saturated carbocycles. The molecular weight excluding hydrogens is 288 g/mol. The van der Waals surface area contributed by atoms with Crippen LogP contribution in [0.5, 0.6) is 0 Å². The number of hydrogen-bond donors (Lipinski definition) is 4. The summed E-state index contributed by atoms with van der Waals surface area (Å²) in [5, 5.41) is 38.5. The van der Waals surface area contributed by atoms with Crippen molar-refractivity contribution in [1.29, 1.82) is 0 Å². The highest BCUT2D eigenvalue weighted by Crippen LogP contribution is 2.33. The molecule has 0 spiro atoms. The lowest BCUT2D eigenvalue weighted by molar-refractivity contribution is -0.303. The highest BCUT2D eigenvalue weighted by atomic mass is 16.7. The lowest BCUT2D eigenvalue weighted by atomic mass is 9.79. The van der Waals surface area contributed by atoms with E-state index in [1.165, 1.54) is 5.57 Å². The topological polar surface area (TPSA) is 99.4 Å². The van der Waals surface area contributed by atoms with Gasteiger partial charge in [-0.2, -0.15) is 0 Å². The zero-order valence-electron chi connectivity index (χ0n) is 13.1. The van der Waals surface area contributed by atoms with Crippen molar-refractivity contribution in [3.63, 3.8) is 0 Å². The molecule has 5 atom stereocenters. The molecular formula is C16H28O6.